The van der Waals surface area contributed by atoms with E-state index in [-0.39, 0.29) is 5.54 Å². The van der Waals surface area contributed by atoms with E-state index >= 15 is 0 Å². The number of unbranched alkanes of at least 4 members (excludes halogenated alkanes) is 2. The van der Waals surface area contributed by atoms with Crippen LogP contribution in [0, 0.1) is 11.3 Å². The van der Waals surface area contributed by atoms with Crippen molar-refractivity contribution in [2.45, 2.75) is 51.5 Å². The van der Waals surface area contributed by atoms with E-state index in [1.54, 1.807) is 0 Å². The van der Waals surface area contributed by atoms with Crippen LogP contribution < -0.4 is 5.32 Å². The highest BCUT2D eigenvalue weighted by Crippen LogP contribution is 2.22. The Labute approximate surface area is 99.8 Å². The predicted octanol–water partition coefficient (Wildman–Crippen LogP) is 2.14. The normalized spacial score (nSPS) is 22.1. The molecule has 1 saturated heterocycles. The second-order valence-electron chi connectivity index (χ2n) is 4.93. The minimum Gasteiger partial charge on any atom is -0.315 e. The number of rotatable bonds is 5. The second kappa shape index (κ2) is 6.88. The lowest BCUT2D eigenvalue weighted by atomic mass is 9.93. The summed E-state index contributed by atoms with van der Waals surface area (Å²) in [4.78, 5) is 2.36. The summed E-state index contributed by atoms with van der Waals surface area (Å²) in [5, 5.41) is 12.8. The highest BCUT2D eigenvalue weighted by atomic mass is 15.2. The summed E-state index contributed by atoms with van der Waals surface area (Å²) in [7, 11) is 0. The maximum Gasteiger partial charge on any atom is 0.106 e. The molecule has 1 heterocycles. The standard InChI is InChI=1S/C13H25N3/c1-3-4-5-7-13(2,12-14)16-10-6-8-15-9-11-16/h15H,3-11H2,1-2H3. The van der Waals surface area contributed by atoms with Crippen LogP contribution in [0.1, 0.15) is 46.0 Å². The van der Waals surface area contributed by atoms with Gasteiger partial charge in [-0.25, -0.2) is 0 Å². The molecule has 0 aromatic rings. The molecule has 0 aliphatic carbocycles. The average Bonchev–Trinajstić information content (AvgIpc) is 2.58. The molecule has 1 atom stereocenters. The van der Waals surface area contributed by atoms with Crippen LogP contribution in [0.15, 0.2) is 0 Å². The van der Waals surface area contributed by atoms with E-state index in [4.69, 9.17) is 0 Å². The Kier molecular flexibility index (Phi) is 5.79. The summed E-state index contributed by atoms with van der Waals surface area (Å²) in [6.45, 7) is 8.49. The summed E-state index contributed by atoms with van der Waals surface area (Å²) < 4.78 is 0. The first-order valence-corrected chi connectivity index (χ1v) is 6.60. The molecule has 1 aliphatic heterocycles. The Balaban J connectivity index is 2.51. The maximum absolute atomic E-state index is 9.42. The molecule has 0 radical (unpaired) electrons. The molecular weight excluding hydrogens is 198 g/mol. The third-order valence-corrected chi connectivity index (χ3v) is 3.55. The molecule has 1 unspecified atom stereocenters. The molecule has 3 nitrogen and oxygen atoms in total. The summed E-state index contributed by atoms with van der Waals surface area (Å²) in [5.41, 5.74) is -0.249. The molecule has 1 rings (SSSR count). The van der Waals surface area contributed by atoms with Crippen molar-refractivity contribution in [3.8, 4) is 6.07 Å². The van der Waals surface area contributed by atoms with Gasteiger partial charge < -0.3 is 5.32 Å². The number of nitrogens with zero attached hydrogens (tertiary/aromatic N) is 2. The molecule has 92 valence electrons. The molecule has 1 fully saturated rings. The SMILES string of the molecule is CCCCCC(C)(C#N)N1CCCNCC1. The van der Waals surface area contributed by atoms with Crippen molar-refractivity contribution in [3.63, 3.8) is 0 Å². The lowest BCUT2D eigenvalue weighted by Crippen LogP contribution is -2.46. The van der Waals surface area contributed by atoms with Gasteiger partial charge in [0.1, 0.15) is 5.54 Å². The van der Waals surface area contributed by atoms with E-state index in [2.05, 4.69) is 30.1 Å². The van der Waals surface area contributed by atoms with E-state index in [0.29, 0.717) is 0 Å². The summed E-state index contributed by atoms with van der Waals surface area (Å²) >= 11 is 0. The van der Waals surface area contributed by atoms with Crippen molar-refractivity contribution in [2.24, 2.45) is 0 Å². The molecule has 3 heteroatoms. The first-order chi connectivity index (χ1) is 7.73. The Hall–Kier alpha value is -0.590. The largest absolute Gasteiger partial charge is 0.315 e. The quantitative estimate of drug-likeness (QED) is 0.726. The van der Waals surface area contributed by atoms with Crippen LogP contribution in [-0.2, 0) is 0 Å². The van der Waals surface area contributed by atoms with E-state index in [1.165, 1.54) is 19.3 Å². The minimum atomic E-state index is -0.249. The van der Waals surface area contributed by atoms with Crippen LogP contribution in [0.4, 0.5) is 0 Å². The van der Waals surface area contributed by atoms with Gasteiger partial charge >= 0.3 is 0 Å². The van der Waals surface area contributed by atoms with Crippen molar-refractivity contribution in [1.29, 1.82) is 5.26 Å². The third kappa shape index (κ3) is 3.77. The van der Waals surface area contributed by atoms with Gasteiger partial charge in [-0.2, -0.15) is 5.26 Å². The van der Waals surface area contributed by atoms with E-state index in [9.17, 15) is 5.26 Å². The zero-order valence-electron chi connectivity index (χ0n) is 10.8. The van der Waals surface area contributed by atoms with Crippen molar-refractivity contribution >= 4 is 0 Å². The summed E-state index contributed by atoms with van der Waals surface area (Å²) in [5.74, 6) is 0. The van der Waals surface area contributed by atoms with Gasteiger partial charge in [-0.1, -0.05) is 26.2 Å². The van der Waals surface area contributed by atoms with Gasteiger partial charge in [0.05, 0.1) is 6.07 Å². The third-order valence-electron chi connectivity index (χ3n) is 3.55. The molecule has 0 aromatic heterocycles. The lowest BCUT2D eigenvalue weighted by Gasteiger charge is -2.35. The van der Waals surface area contributed by atoms with Gasteiger partial charge in [0, 0.05) is 19.6 Å². The number of nitriles is 1. The smallest absolute Gasteiger partial charge is 0.106 e. The second-order valence-corrected chi connectivity index (χ2v) is 4.93. The Morgan fingerprint density at radius 3 is 2.81 bits per heavy atom. The van der Waals surface area contributed by atoms with Crippen LogP contribution in [-0.4, -0.2) is 36.6 Å². The van der Waals surface area contributed by atoms with Crippen molar-refractivity contribution in [3.05, 3.63) is 0 Å². The van der Waals surface area contributed by atoms with Crippen LogP contribution in [0.25, 0.3) is 0 Å². The molecule has 1 aliphatic rings. The monoisotopic (exact) mass is 223 g/mol. The highest BCUT2D eigenvalue weighted by molar-refractivity contribution is 5.05. The Morgan fingerprint density at radius 1 is 1.31 bits per heavy atom. The van der Waals surface area contributed by atoms with Crippen LogP contribution in [0.3, 0.4) is 0 Å². The zero-order chi connectivity index (χ0) is 11.9. The highest BCUT2D eigenvalue weighted by Gasteiger charge is 2.31. The first-order valence-electron chi connectivity index (χ1n) is 6.60. The fourth-order valence-electron chi connectivity index (χ4n) is 2.34. The zero-order valence-corrected chi connectivity index (χ0v) is 10.8. The topological polar surface area (TPSA) is 39.1 Å². The van der Waals surface area contributed by atoms with Gasteiger partial charge in [-0.3, -0.25) is 4.90 Å². The molecule has 0 spiro atoms. The first kappa shape index (κ1) is 13.5. The average molecular weight is 223 g/mol. The van der Waals surface area contributed by atoms with Crippen molar-refractivity contribution < 1.29 is 0 Å². The molecule has 16 heavy (non-hydrogen) atoms. The minimum absolute atomic E-state index is 0.249. The molecule has 1 N–H and O–H groups in total. The van der Waals surface area contributed by atoms with Crippen molar-refractivity contribution in [2.75, 3.05) is 26.2 Å². The molecule has 0 saturated carbocycles. The fourth-order valence-corrected chi connectivity index (χ4v) is 2.34. The molecule has 0 amide bonds. The van der Waals surface area contributed by atoms with Crippen LogP contribution in [0.2, 0.25) is 0 Å². The predicted molar refractivity (Wildman–Crippen MR) is 67.2 cm³/mol. The number of nitrogens with one attached hydrogen (secondary N) is 1. The van der Waals surface area contributed by atoms with Gasteiger partial charge in [-0.15, -0.1) is 0 Å². The van der Waals surface area contributed by atoms with Gasteiger partial charge in [0.15, 0.2) is 0 Å². The Morgan fingerprint density at radius 2 is 2.12 bits per heavy atom. The molecule has 0 bridgehead atoms. The lowest BCUT2D eigenvalue weighted by molar-refractivity contribution is 0.150. The maximum atomic E-state index is 9.42. The van der Waals surface area contributed by atoms with Crippen molar-refractivity contribution in [1.82, 2.24) is 10.2 Å². The van der Waals surface area contributed by atoms with E-state index in [0.717, 1.165) is 39.0 Å². The Bertz CT molecular complexity index is 226. The van der Waals surface area contributed by atoms with Gasteiger partial charge in [0.25, 0.3) is 0 Å². The van der Waals surface area contributed by atoms with Crippen LogP contribution in [0.5, 0.6) is 0 Å². The number of hydrogen-bond donors (Lipinski definition) is 1. The fraction of sp³-hybridized carbons (Fsp3) is 0.923. The molecular formula is C13H25N3. The summed E-state index contributed by atoms with van der Waals surface area (Å²) in [6.07, 6.45) is 5.80. The van der Waals surface area contributed by atoms with E-state index in [1.807, 2.05) is 0 Å². The number of hydrogen-bond acceptors (Lipinski definition) is 3. The van der Waals surface area contributed by atoms with Crippen LogP contribution >= 0.6 is 0 Å². The van der Waals surface area contributed by atoms with E-state index < -0.39 is 0 Å². The van der Waals surface area contributed by atoms with Gasteiger partial charge in [-0.05, 0) is 26.3 Å². The molecule has 0 aromatic carbocycles. The summed E-state index contributed by atoms with van der Waals surface area (Å²) in [6, 6.07) is 2.53. The van der Waals surface area contributed by atoms with Gasteiger partial charge in [0.2, 0.25) is 0 Å².